The molecule has 0 saturated heterocycles. The van der Waals surface area contributed by atoms with E-state index in [1.165, 1.54) is 27.7 Å². The second-order valence-corrected chi connectivity index (χ2v) is 9.24. The summed E-state index contributed by atoms with van der Waals surface area (Å²) in [4.78, 5) is 84.9. The van der Waals surface area contributed by atoms with Crippen molar-refractivity contribution in [2.24, 2.45) is 0 Å². The van der Waals surface area contributed by atoms with Crippen LogP contribution in [0.3, 0.4) is 0 Å². The Labute approximate surface area is 255 Å². The first-order valence-electron chi connectivity index (χ1n) is 11.4. The maximum atomic E-state index is 11.4. The molecule has 2 amide bonds. The van der Waals surface area contributed by atoms with Crippen molar-refractivity contribution >= 4 is 70.5 Å². The lowest BCUT2D eigenvalue weighted by molar-refractivity contribution is -0.141. The molecule has 2 atom stereocenters. The Hall–Kier alpha value is -4.17. The van der Waals surface area contributed by atoms with Gasteiger partial charge in [0.15, 0.2) is 36.3 Å². The summed E-state index contributed by atoms with van der Waals surface area (Å²) in [5.74, 6) is -4.31. The lowest BCUT2D eigenvalue weighted by atomic mass is 10.3. The van der Waals surface area contributed by atoms with Gasteiger partial charge in [-0.25, -0.2) is 28.8 Å². The van der Waals surface area contributed by atoms with E-state index in [0.29, 0.717) is 11.8 Å². The molecule has 0 radical (unpaired) electrons. The number of carboxylic acid groups (broad SMARTS) is 2. The van der Waals surface area contributed by atoms with Gasteiger partial charge in [0.05, 0.1) is 0 Å². The van der Waals surface area contributed by atoms with Crippen LogP contribution in [0.4, 0.5) is 9.59 Å². The number of aliphatic carboxylic acids is 2. The smallest absolute Gasteiger partial charge is 0.480 e. The molecule has 0 aliphatic rings. The number of carboxylic acids is 2. The predicted octanol–water partition coefficient (Wildman–Crippen LogP) is 1.42. The van der Waals surface area contributed by atoms with E-state index in [4.69, 9.17) is 26.6 Å². The summed E-state index contributed by atoms with van der Waals surface area (Å²) < 4.78 is 27.3. The molecule has 4 N–H and O–H groups in total. The second kappa shape index (κ2) is 19.9. The molecule has 0 aromatic carbocycles. The maximum Gasteiger partial charge on any atom is 0.519 e. The zero-order valence-corrected chi connectivity index (χ0v) is 25.3. The minimum atomic E-state index is -1.26. The molecule has 240 valence electrons. The van der Waals surface area contributed by atoms with Crippen LogP contribution in [0.15, 0.2) is 27.3 Å². The standard InChI is InChI=1S/C11H13NO8S.C6H5ClO5.C5H9NO3S/c1-5-8(20-10(16)19-5)3-18-11(17)21-4-7(9(14)15)12-6(2)13;1-3-4(2-10-5(7)8)12-6(9)11-3;1-3(7)6-4(2-10)5(8)9/h7H,3-4H2,1-2H3,(H,12,13)(H,14,15);2H2,1H3;4,10H,2H2,1H3,(H,6,7)(H,8,9)/t7-;;4-/m1.1/s1. The number of nitrogens with one attached hydrogen (secondary N) is 2. The summed E-state index contributed by atoms with van der Waals surface area (Å²) in [5, 5.41) is 20.8. The fourth-order valence-corrected chi connectivity index (χ4v) is 3.28. The fraction of sp³-hybridized carbons (Fsp3) is 0.455. The molecule has 0 bridgehead atoms. The molecule has 43 heavy (non-hydrogen) atoms. The van der Waals surface area contributed by atoms with Crippen molar-refractivity contribution in [2.75, 3.05) is 11.5 Å². The maximum absolute atomic E-state index is 11.4. The molecule has 0 aliphatic heterocycles. The van der Waals surface area contributed by atoms with E-state index in [9.17, 15) is 38.4 Å². The van der Waals surface area contributed by atoms with Crippen LogP contribution in [0, 0.1) is 13.8 Å². The number of halogens is 1. The number of thioether (sulfide) groups is 1. The summed E-state index contributed by atoms with van der Waals surface area (Å²) in [6.45, 7) is 4.92. The van der Waals surface area contributed by atoms with Gasteiger partial charge in [0.2, 0.25) is 11.8 Å². The van der Waals surface area contributed by atoms with Crippen LogP contribution < -0.4 is 22.3 Å². The number of carbonyl (C=O) groups excluding carboxylic acids is 4. The molecule has 21 heteroatoms. The van der Waals surface area contributed by atoms with Gasteiger partial charge in [-0.15, -0.1) is 0 Å². The van der Waals surface area contributed by atoms with Gasteiger partial charge in [0, 0.05) is 37.0 Å². The lowest BCUT2D eigenvalue weighted by Crippen LogP contribution is -2.41. The van der Waals surface area contributed by atoms with Crippen LogP contribution in [0.1, 0.15) is 36.9 Å². The zero-order chi connectivity index (χ0) is 33.3. The molecular formula is C22H27ClN2O16S2. The van der Waals surface area contributed by atoms with Crippen molar-refractivity contribution in [2.45, 2.75) is 53.0 Å². The van der Waals surface area contributed by atoms with Gasteiger partial charge >= 0.3 is 34.3 Å². The highest BCUT2D eigenvalue weighted by molar-refractivity contribution is 8.13. The molecule has 0 saturated carbocycles. The van der Waals surface area contributed by atoms with E-state index in [-0.39, 0.29) is 53.7 Å². The predicted molar refractivity (Wildman–Crippen MR) is 147 cm³/mol. The summed E-state index contributed by atoms with van der Waals surface area (Å²) in [7, 11) is 0. The summed E-state index contributed by atoms with van der Waals surface area (Å²) >= 11 is 9.19. The number of carbonyl (C=O) groups is 6. The van der Waals surface area contributed by atoms with Crippen LogP contribution in [0.25, 0.3) is 0 Å². The Morgan fingerprint density at radius 3 is 1.53 bits per heavy atom. The second-order valence-electron chi connectivity index (χ2n) is 7.61. The van der Waals surface area contributed by atoms with Gasteiger partial charge in [0.25, 0.3) is 0 Å². The van der Waals surface area contributed by atoms with E-state index < -0.39 is 52.3 Å². The van der Waals surface area contributed by atoms with Crippen LogP contribution in [-0.4, -0.2) is 68.3 Å². The number of amides is 2. The van der Waals surface area contributed by atoms with Gasteiger partial charge in [-0.3, -0.25) is 9.59 Å². The molecule has 0 fully saturated rings. The molecule has 18 nitrogen and oxygen atoms in total. The van der Waals surface area contributed by atoms with E-state index in [1.54, 1.807) is 0 Å². The van der Waals surface area contributed by atoms with Crippen molar-refractivity contribution in [3.05, 3.63) is 44.3 Å². The Kier molecular flexibility index (Phi) is 17.9. The number of ether oxygens (including phenoxy) is 2. The third-order valence-corrected chi connectivity index (χ3v) is 5.54. The minimum absolute atomic E-state index is 0.0746. The third kappa shape index (κ3) is 17.4. The zero-order valence-electron chi connectivity index (χ0n) is 22.8. The van der Waals surface area contributed by atoms with Gasteiger partial charge in [-0.05, 0) is 25.6 Å². The van der Waals surface area contributed by atoms with Crippen LogP contribution in [-0.2, 0) is 41.9 Å². The van der Waals surface area contributed by atoms with Crippen molar-refractivity contribution in [1.29, 1.82) is 0 Å². The van der Waals surface area contributed by atoms with Gasteiger partial charge in [0.1, 0.15) is 12.1 Å². The van der Waals surface area contributed by atoms with Gasteiger partial charge < -0.3 is 48.0 Å². The van der Waals surface area contributed by atoms with Crippen LogP contribution in [0.5, 0.6) is 0 Å². The first-order chi connectivity index (χ1) is 20.0. The van der Waals surface area contributed by atoms with Gasteiger partial charge in [-0.2, -0.15) is 12.6 Å². The monoisotopic (exact) mass is 674 g/mol. The molecule has 0 spiro atoms. The molecule has 2 heterocycles. The largest absolute Gasteiger partial charge is 0.519 e. The Morgan fingerprint density at radius 1 is 0.814 bits per heavy atom. The fourth-order valence-electron chi connectivity index (χ4n) is 2.30. The van der Waals surface area contributed by atoms with E-state index in [1.807, 2.05) is 0 Å². The minimum Gasteiger partial charge on any atom is -0.480 e. The number of hydrogen-bond donors (Lipinski definition) is 5. The summed E-state index contributed by atoms with van der Waals surface area (Å²) in [6.07, 6.45) is 0. The van der Waals surface area contributed by atoms with E-state index in [0.717, 1.165) is 0 Å². The van der Waals surface area contributed by atoms with E-state index in [2.05, 4.69) is 45.7 Å². The first kappa shape index (κ1) is 38.8. The number of thiol groups is 1. The molecule has 2 rings (SSSR count). The SMILES string of the molecule is CC(=O)N[C@H](CS)C(=O)O.CC(=O)N[C@H](CSC(=O)OCc1oc(=O)oc1C)C(=O)O.Cc1oc(=O)oc1COC(=O)Cl. The van der Waals surface area contributed by atoms with Crippen molar-refractivity contribution < 1.29 is 66.1 Å². The van der Waals surface area contributed by atoms with Crippen LogP contribution in [0.2, 0.25) is 0 Å². The number of aryl methyl sites for hydroxylation is 2. The summed E-state index contributed by atoms with van der Waals surface area (Å²) in [6, 6.07) is -2.07. The lowest BCUT2D eigenvalue weighted by Gasteiger charge is -2.11. The Bertz CT molecular complexity index is 1380. The third-order valence-electron chi connectivity index (χ3n) is 4.21. The number of rotatable bonds is 11. The normalized spacial score (nSPS) is 11.3. The molecule has 0 unspecified atom stereocenters. The Balaban J connectivity index is 0.000000678. The number of hydrogen-bond acceptors (Lipinski definition) is 16. The average Bonchev–Trinajstić information content (AvgIpc) is 3.40. The van der Waals surface area contributed by atoms with Gasteiger partial charge in [-0.1, -0.05) is 0 Å². The molecule has 2 aromatic heterocycles. The van der Waals surface area contributed by atoms with Crippen LogP contribution >= 0.6 is 36.0 Å². The van der Waals surface area contributed by atoms with Crippen molar-refractivity contribution in [3.8, 4) is 0 Å². The quantitative estimate of drug-likeness (QED) is 0.128. The topological polar surface area (TPSA) is 272 Å². The molecular weight excluding hydrogens is 648 g/mol. The molecule has 2 aromatic rings. The van der Waals surface area contributed by atoms with Crippen molar-refractivity contribution in [3.63, 3.8) is 0 Å². The Morgan fingerprint density at radius 2 is 1.23 bits per heavy atom. The highest BCUT2D eigenvalue weighted by atomic mass is 35.5. The summed E-state index contributed by atoms with van der Waals surface area (Å²) in [5.41, 5.74) is -0.960. The average molecular weight is 675 g/mol. The first-order valence-corrected chi connectivity index (χ1v) is 13.4. The highest BCUT2D eigenvalue weighted by Gasteiger charge is 2.21. The molecule has 0 aliphatic carbocycles. The van der Waals surface area contributed by atoms with E-state index >= 15 is 0 Å². The van der Waals surface area contributed by atoms with Crippen molar-refractivity contribution in [1.82, 2.24) is 10.6 Å². The highest BCUT2D eigenvalue weighted by Crippen LogP contribution is 2.12.